The predicted octanol–water partition coefficient (Wildman–Crippen LogP) is 6.99. The number of nitrogens with zero attached hydrogens (tertiary/aromatic N) is 3. The van der Waals surface area contributed by atoms with E-state index in [0.29, 0.717) is 29.9 Å². The highest BCUT2D eigenvalue weighted by molar-refractivity contribution is 7.93. The van der Waals surface area contributed by atoms with Crippen LogP contribution in [0, 0.1) is 25.7 Å². The molecule has 5 nitrogen and oxygen atoms in total. The van der Waals surface area contributed by atoms with Crippen molar-refractivity contribution in [1.82, 2.24) is 4.90 Å². The van der Waals surface area contributed by atoms with E-state index in [4.69, 9.17) is 9.10 Å². The minimum atomic E-state index is -2.45. The van der Waals surface area contributed by atoms with Gasteiger partial charge in [0.25, 0.3) is 0 Å². The summed E-state index contributed by atoms with van der Waals surface area (Å²) in [5.41, 5.74) is 2.99. The summed E-state index contributed by atoms with van der Waals surface area (Å²) < 4.78 is 24.9. The van der Waals surface area contributed by atoms with Crippen LogP contribution in [0.4, 0.5) is 5.69 Å². The molecule has 0 saturated heterocycles. The SMILES string of the molecule is CCN(C)C=Nc1cc(C)c(Oc2cccc(S(=O)(CCC(C)C)=NCC3CC3)c2)cc1C. The first-order chi connectivity index (χ1) is 15.7. The molecule has 0 radical (unpaired) electrons. The van der Waals surface area contributed by atoms with Crippen LogP contribution < -0.4 is 4.74 Å². The van der Waals surface area contributed by atoms with Gasteiger partial charge in [-0.1, -0.05) is 19.9 Å². The van der Waals surface area contributed by atoms with Crippen molar-refractivity contribution in [2.45, 2.75) is 58.8 Å². The number of aryl methyl sites for hydroxylation is 2. The van der Waals surface area contributed by atoms with E-state index in [9.17, 15) is 4.21 Å². The smallest absolute Gasteiger partial charge is 0.130 e. The molecule has 0 N–H and O–H groups in total. The molecule has 1 aliphatic rings. The molecule has 2 aromatic rings. The lowest BCUT2D eigenvalue weighted by molar-refractivity contribution is 0.477. The molecule has 1 aliphatic carbocycles. The lowest BCUT2D eigenvalue weighted by atomic mass is 10.1. The zero-order chi connectivity index (χ0) is 24.0. The maximum absolute atomic E-state index is 13.9. The molecule has 2 aromatic carbocycles. The minimum Gasteiger partial charge on any atom is -0.457 e. The number of rotatable bonds is 11. The molecule has 180 valence electrons. The monoisotopic (exact) mass is 469 g/mol. The van der Waals surface area contributed by atoms with Gasteiger partial charge in [0.15, 0.2) is 0 Å². The van der Waals surface area contributed by atoms with Gasteiger partial charge in [-0.05, 0) is 93.3 Å². The molecular weight excluding hydrogens is 430 g/mol. The molecular formula is C27H39N3O2S. The van der Waals surface area contributed by atoms with Crippen LogP contribution in [0.25, 0.3) is 0 Å². The first kappa shape index (κ1) is 25.3. The van der Waals surface area contributed by atoms with Gasteiger partial charge >= 0.3 is 0 Å². The maximum Gasteiger partial charge on any atom is 0.130 e. The van der Waals surface area contributed by atoms with Gasteiger partial charge in [-0.25, -0.2) is 13.6 Å². The summed E-state index contributed by atoms with van der Waals surface area (Å²) in [5.74, 6) is 3.18. The van der Waals surface area contributed by atoms with Crippen molar-refractivity contribution >= 4 is 21.8 Å². The van der Waals surface area contributed by atoms with Crippen LogP contribution in [0.3, 0.4) is 0 Å². The molecule has 1 unspecified atom stereocenters. The Bertz CT molecular complexity index is 1100. The van der Waals surface area contributed by atoms with Crippen LogP contribution in [0.5, 0.6) is 11.5 Å². The van der Waals surface area contributed by atoms with Crippen molar-refractivity contribution in [1.29, 1.82) is 0 Å². The highest BCUT2D eigenvalue weighted by atomic mass is 32.2. The van der Waals surface area contributed by atoms with Gasteiger partial charge in [0.2, 0.25) is 0 Å². The fraction of sp³-hybridized carbons (Fsp3) is 0.519. The molecule has 1 fully saturated rings. The Kier molecular flexibility index (Phi) is 8.57. The van der Waals surface area contributed by atoms with E-state index in [0.717, 1.165) is 40.4 Å². The van der Waals surface area contributed by atoms with Gasteiger partial charge in [0.05, 0.1) is 33.2 Å². The van der Waals surface area contributed by atoms with Crippen molar-refractivity contribution in [2.75, 3.05) is 25.9 Å². The number of hydrogen-bond donors (Lipinski definition) is 0. The topological polar surface area (TPSA) is 54.3 Å². The van der Waals surface area contributed by atoms with Crippen molar-refractivity contribution in [3.05, 3.63) is 47.5 Å². The van der Waals surface area contributed by atoms with Crippen LogP contribution in [0.15, 0.2) is 50.6 Å². The van der Waals surface area contributed by atoms with Gasteiger partial charge in [-0.2, -0.15) is 0 Å². The Morgan fingerprint density at radius 3 is 2.61 bits per heavy atom. The largest absolute Gasteiger partial charge is 0.457 e. The van der Waals surface area contributed by atoms with Gasteiger partial charge in [0.1, 0.15) is 11.5 Å². The van der Waals surface area contributed by atoms with E-state index in [-0.39, 0.29) is 0 Å². The first-order valence-corrected chi connectivity index (χ1v) is 13.7. The summed E-state index contributed by atoms with van der Waals surface area (Å²) in [6, 6.07) is 11.8. The molecule has 1 saturated carbocycles. The van der Waals surface area contributed by atoms with Gasteiger partial charge in [-0.3, -0.25) is 0 Å². The summed E-state index contributed by atoms with van der Waals surface area (Å²) in [4.78, 5) is 7.42. The van der Waals surface area contributed by atoms with E-state index >= 15 is 0 Å². The Balaban J connectivity index is 1.85. The van der Waals surface area contributed by atoms with E-state index in [1.165, 1.54) is 12.8 Å². The zero-order valence-corrected chi connectivity index (χ0v) is 21.8. The number of aliphatic imine (C=N–C) groups is 1. The Morgan fingerprint density at radius 2 is 1.94 bits per heavy atom. The van der Waals surface area contributed by atoms with E-state index in [1.54, 1.807) is 0 Å². The van der Waals surface area contributed by atoms with Crippen LogP contribution in [-0.2, 0) is 9.73 Å². The summed E-state index contributed by atoms with van der Waals surface area (Å²) >= 11 is 0. The molecule has 0 aliphatic heterocycles. The fourth-order valence-corrected chi connectivity index (χ4v) is 5.66. The molecule has 0 spiro atoms. The molecule has 0 aromatic heterocycles. The predicted molar refractivity (Wildman–Crippen MR) is 140 cm³/mol. The Hall–Kier alpha value is -2.34. The quantitative estimate of drug-likeness (QED) is 0.263. The summed E-state index contributed by atoms with van der Waals surface area (Å²) in [6.45, 7) is 12.1. The second kappa shape index (κ2) is 11.2. The van der Waals surface area contributed by atoms with Crippen molar-refractivity contribution < 1.29 is 8.95 Å². The molecule has 0 bridgehead atoms. The molecule has 0 heterocycles. The van der Waals surface area contributed by atoms with Crippen LogP contribution in [0.2, 0.25) is 0 Å². The zero-order valence-electron chi connectivity index (χ0n) is 21.0. The third-order valence-electron chi connectivity index (χ3n) is 6.00. The Morgan fingerprint density at radius 1 is 1.18 bits per heavy atom. The lowest BCUT2D eigenvalue weighted by Gasteiger charge is -2.15. The minimum absolute atomic E-state index is 0.491. The fourth-order valence-electron chi connectivity index (χ4n) is 3.31. The molecule has 6 heteroatoms. The van der Waals surface area contributed by atoms with Gasteiger partial charge < -0.3 is 9.64 Å². The van der Waals surface area contributed by atoms with Crippen molar-refractivity contribution in [2.24, 2.45) is 21.2 Å². The van der Waals surface area contributed by atoms with Crippen LogP contribution in [0.1, 0.15) is 51.2 Å². The normalized spacial score (nSPS) is 15.6. The molecule has 0 amide bonds. The highest BCUT2D eigenvalue weighted by Gasteiger charge is 2.23. The number of benzene rings is 2. The summed E-state index contributed by atoms with van der Waals surface area (Å²) in [7, 11) is -0.448. The summed E-state index contributed by atoms with van der Waals surface area (Å²) in [5, 5.41) is 0. The van der Waals surface area contributed by atoms with E-state index < -0.39 is 9.73 Å². The van der Waals surface area contributed by atoms with Crippen LogP contribution >= 0.6 is 0 Å². The Labute approximate surface area is 200 Å². The first-order valence-electron chi connectivity index (χ1n) is 12.0. The second-order valence-electron chi connectivity index (χ2n) is 9.58. The number of hydrogen-bond acceptors (Lipinski definition) is 4. The average molecular weight is 470 g/mol. The third-order valence-corrected chi connectivity index (χ3v) is 8.34. The second-order valence-corrected chi connectivity index (χ2v) is 12.0. The maximum atomic E-state index is 13.9. The standard InChI is InChI=1S/C27H39N3O2S/c1-7-30(6)19-28-26-15-22(5)27(16-21(26)4)32-24-9-8-10-25(17-24)33(31,14-13-20(2)3)29-18-23-11-12-23/h8-10,15-17,19-20,23H,7,11-14,18H2,1-6H3. The highest BCUT2D eigenvalue weighted by Crippen LogP contribution is 2.34. The number of ether oxygens (including phenoxy) is 1. The van der Waals surface area contributed by atoms with Crippen molar-refractivity contribution in [3.63, 3.8) is 0 Å². The molecule has 1 atom stereocenters. The van der Waals surface area contributed by atoms with Gasteiger partial charge in [-0.15, -0.1) is 0 Å². The van der Waals surface area contributed by atoms with Crippen LogP contribution in [-0.4, -0.2) is 41.3 Å². The van der Waals surface area contributed by atoms with E-state index in [1.807, 2.05) is 68.5 Å². The van der Waals surface area contributed by atoms with E-state index in [2.05, 4.69) is 25.8 Å². The third kappa shape index (κ3) is 7.32. The average Bonchev–Trinajstić information content (AvgIpc) is 3.62. The van der Waals surface area contributed by atoms with Gasteiger partial charge in [0, 0.05) is 19.3 Å². The molecule has 33 heavy (non-hydrogen) atoms. The van der Waals surface area contributed by atoms with Crippen molar-refractivity contribution in [3.8, 4) is 11.5 Å². The lowest BCUT2D eigenvalue weighted by Crippen LogP contribution is -2.14. The summed E-state index contributed by atoms with van der Waals surface area (Å²) in [6.07, 6.45) is 5.16. The molecule has 3 rings (SSSR count).